The number of H-pyrrole nitrogens is 1. The zero-order valence-corrected chi connectivity index (χ0v) is 19.0. The van der Waals surface area contributed by atoms with Gasteiger partial charge in [0.1, 0.15) is 12.1 Å². The van der Waals surface area contributed by atoms with Gasteiger partial charge in [0.05, 0.1) is 0 Å². The van der Waals surface area contributed by atoms with Crippen LogP contribution >= 0.6 is 0 Å². The van der Waals surface area contributed by atoms with Gasteiger partial charge in [-0.25, -0.2) is 4.79 Å². The summed E-state index contributed by atoms with van der Waals surface area (Å²) in [5.74, 6) is -2.24. The van der Waals surface area contributed by atoms with Crippen molar-refractivity contribution in [2.24, 2.45) is 5.92 Å². The Morgan fingerprint density at radius 3 is 2.42 bits per heavy atom. The van der Waals surface area contributed by atoms with Gasteiger partial charge in [-0.05, 0) is 36.0 Å². The molecule has 0 fully saturated rings. The lowest BCUT2D eigenvalue weighted by molar-refractivity contribution is -0.142. The molecule has 0 aliphatic rings. The van der Waals surface area contributed by atoms with E-state index in [-0.39, 0.29) is 25.2 Å². The van der Waals surface area contributed by atoms with Gasteiger partial charge in [-0.1, -0.05) is 62.4 Å². The van der Waals surface area contributed by atoms with Gasteiger partial charge in [-0.3, -0.25) is 9.59 Å². The van der Waals surface area contributed by atoms with Gasteiger partial charge in [0, 0.05) is 29.9 Å². The van der Waals surface area contributed by atoms with E-state index in [1.54, 1.807) is 6.20 Å². The molecule has 0 saturated carbocycles. The van der Waals surface area contributed by atoms with Crippen molar-refractivity contribution < 1.29 is 20.9 Å². The first-order valence-electron chi connectivity index (χ1n) is 11.6. The molecule has 0 saturated heterocycles. The van der Waals surface area contributed by atoms with Crippen LogP contribution in [-0.2, 0) is 27.2 Å². The van der Waals surface area contributed by atoms with E-state index in [0.29, 0.717) is 11.7 Å². The molecule has 7 heteroatoms. The highest BCUT2D eigenvalue weighted by atomic mass is 16.4. The summed E-state index contributed by atoms with van der Waals surface area (Å²) < 4.78 is 8.50. The lowest BCUT2D eigenvalue weighted by Gasteiger charge is -2.22. The van der Waals surface area contributed by atoms with Gasteiger partial charge in [0.25, 0.3) is 0 Å². The van der Waals surface area contributed by atoms with Crippen LogP contribution in [0.15, 0.2) is 60.8 Å². The Morgan fingerprint density at radius 1 is 1.03 bits per heavy atom. The van der Waals surface area contributed by atoms with Crippen LogP contribution in [0.25, 0.3) is 10.9 Å². The zero-order chi connectivity index (χ0) is 24.7. The maximum absolute atomic E-state index is 13.2. The number of fused-ring (bicyclic) bond motifs is 1. The number of rotatable bonds is 11. The average Bonchev–Trinajstić information content (AvgIpc) is 3.23. The molecular formula is C26H31N3O4. The van der Waals surface area contributed by atoms with Gasteiger partial charge in [0.15, 0.2) is 1.41 Å². The summed E-state index contributed by atoms with van der Waals surface area (Å²) in [7, 11) is 0. The molecular weight excluding hydrogens is 418 g/mol. The minimum atomic E-state index is -1.17. The summed E-state index contributed by atoms with van der Waals surface area (Å²) in [5, 5.41) is 13.7. The maximum Gasteiger partial charge on any atom is 0.326 e. The van der Waals surface area contributed by atoms with Crippen molar-refractivity contribution in [2.45, 2.75) is 51.6 Å². The van der Waals surface area contributed by atoms with E-state index >= 15 is 0 Å². The number of aliphatic carboxylic acids is 1. The van der Waals surface area contributed by atoms with Crippen LogP contribution in [-0.4, -0.2) is 40.0 Å². The first-order valence-corrected chi connectivity index (χ1v) is 11.2. The van der Waals surface area contributed by atoms with Crippen LogP contribution in [0.5, 0.6) is 0 Å². The van der Waals surface area contributed by atoms with E-state index in [2.05, 4.69) is 10.3 Å². The molecule has 0 aliphatic carbocycles. The molecule has 0 unspecified atom stereocenters. The molecule has 7 nitrogen and oxygen atoms in total. The summed E-state index contributed by atoms with van der Waals surface area (Å²) in [5.41, 5.74) is 2.62. The van der Waals surface area contributed by atoms with Crippen molar-refractivity contribution in [2.75, 3.05) is 0 Å². The molecule has 0 aliphatic heterocycles. The minimum Gasteiger partial charge on any atom is -0.480 e. The van der Waals surface area contributed by atoms with Crippen LogP contribution in [0.1, 0.15) is 37.8 Å². The number of carbonyl (C=O) groups excluding carboxylic acids is 2. The normalized spacial score (nSPS) is 13.4. The summed E-state index contributed by atoms with van der Waals surface area (Å²) in [4.78, 5) is 41.0. The molecule has 2 amide bonds. The number of hydrogen-bond donors (Lipinski definition) is 4. The molecule has 1 heterocycles. The molecule has 0 radical (unpaired) electrons. The smallest absolute Gasteiger partial charge is 0.326 e. The Bertz CT molecular complexity index is 1130. The Morgan fingerprint density at radius 2 is 1.73 bits per heavy atom. The first-order chi connectivity index (χ1) is 16.3. The third kappa shape index (κ3) is 6.94. The lowest BCUT2D eigenvalue weighted by Crippen LogP contribution is -2.52. The molecule has 174 valence electrons. The number of benzene rings is 2. The van der Waals surface area contributed by atoms with E-state index in [0.717, 1.165) is 22.0 Å². The van der Waals surface area contributed by atoms with Crippen molar-refractivity contribution in [3.63, 3.8) is 0 Å². The quantitative estimate of drug-likeness (QED) is 0.359. The first kappa shape index (κ1) is 22.6. The fraction of sp³-hybridized carbons (Fsp3) is 0.346. The molecule has 3 aromatic rings. The standard InChI is InChI=1S/C26H31N3O4/c1-17(2)14-23(26(32)33)29-25(31)22(15-19-16-27-21-11-7-6-10-20(19)21)28-24(30)13-12-18-8-4-3-5-9-18/h3-11,16-17,22-23,27H,12-15H2,1-2H3,(H,28,30)(H,29,31)(H,32,33)/t22-,23-/m0/s1/i/hD. The third-order valence-corrected chi connectivity index (χ3v) is 5.48. The Kier molecular flexibility index (Phi) is 7.74. The Balaban J connectivity index is 1.81. The summed E-state index contributed by atoms with van der Waals surface area (Å²) in [6, 6.07) is 14.8. The predicted molar refractivity (Wildman–Crippen MR) is 128 cm³/mol. The van der Waals surface area contributed by atoms with E-state index < -0.39 is 29.9 Å². The highest BCUT2D eigenvalue weighted by Gasteiger charge is 2.28. The van der Waals surface area contributed by atoms with Crippen LogP contribution in [0.4, 0.5) is 0 Å². The Labute approximate surface area is 195 Å². The lowest BCUT2D eigenvalue weighted by atomic mass is 10.0. The van der Waals surface area contributed by atoms with Crippen LogP contribution in [0.2, 0.25) is 1.41 Å². The van der Waals surface area contributed by atoms with Crippen LogP contribution < -0.4 is 10.6 Å². The average molecular weight is 451 g/mol. The van der Waals surface area contributed by atoms with Gasteiger partial charge in [-0.15, -0.1) is 0 Å². The molecule has 4 N–H and O–H groups in total. The third-order valence-electron chi connectivity index (χ3n) is 5.48. The number of carbonyl (C=O) groups is 3. The topological polar surface area (TPSA) is 111 Å². The molecule has 2 atom stereocenters. The molecule has 0 bridgehead atoms. The largest absolute Gasteiger partial charge is 0.480 e. The van der Waals surface area contributed by atoms with E-state index in [9.17, 15) is 19.5 Å². The molecule has 3 rings (SSSR count). The highest BCUT2D eigenvalue weighted by Crippen LogP contribution is 2.19. The summed E-state index contributed by atoms with van der Waals surface area (Å²) in [6.45, 7) is 3.74. The van der Waals surface area contributed by atoms with Gasteiger partial charge in [0.2, 0.25) is 11.8 Å². The SMILES string of the molecule is [2H]N(C(=O)CCc1ccccc1)[C@@H](Cc1c[nH]c2ccccc12)C(=O)N[C@@H](CC(C)C)C(=O)O. The summed E-state index contributed by atoms with van der Waals surface area (Å²) in [6.07, 6.45) is 2.61. The number of nitrogens with one attached hydrogen (secondary N) is 3. The number of aryl methyl sites for hydroxylation is 1. The van der Waals surface area contributed by atoms with Crippen molar-refractivity contribution in [1.29, 1.82) is 0 Å². The Hall–Kier alpha value is -3.61. The number of hydrogen-bond acceptors (Lipinski definition) is 3. The van der Waals surface area contributed by atoms with Crippen molar-refractivity contribution in [3.05, 3.63) is 71.9 Å². The second-order valence-corrected chi connectivity index (χ2v) is 8.62. The second-order valence-electron chi connectivity index (χ2n) is 8.62. The van der Waals surface area contributed by atoms with Gasteiger partial charge in [-0.2, -0.15) is 0 Å². The predicted octanol–water partition coefficient (Wildman–Crippen LogP) is 3.44. The molecule has 2 aromatic carbocycles. The summed E-state index contributed by atoms with van der Waals surface area (Å²) >= 11 is 0. The van der Waals surface area contributed by atoms with Crippen molar-refractivity contribution >= 4 is 28.7 Å². The van der Waals surface area contributed by atoms with Crippen LogP contribution in [0, 0.1) is 5.92 Å². The van der Waals surface area contributed by atoms with E-state index in [4.69, 9.17) is 1.41 Å². The minimum absolute atomic E-state index is 0.0491. The van der Waals surface area contributed by atoms with Gasteiger partial charge >= 0.3 is 5.97 Å². The monoisotopic (exact) mass is 450 g/mol. The molecule has 1 aromatic heterocycles. The van der Waals surface area contributed by atoms with E-state index in [1.807, 2.05) is 68.4 Å². The number of aromatic nitrogens is 1. The highest BCUT2D eigenvalue weighted by molar-refractivity contribution is 5.91. The second kappa shape index (κ2) is 11.3. The number of amides is 2. The zero-order valence-electron chi connectivity index (χ0n) is 20.0. The fourth-order valence-corrected chi connectivity index (χ4v) is 3.80. The fourth-order valence-electron chi connectivity index (χ4n) is 3.80. The number of para-hydroxylation sites is 1. The number of aromatic amines is 1. The number of carboxylic acid groups (broad SMARTS) is 1. The maximum atomic E-state index is 13.2. The van der Waals surface area contributed by atoms with Crippen molar-refractivity contribution in [3.8, 4) is 0 Å². The molecule has 33 heavy (non-hydrogen) atoms. The van der Waals surface area contributed by atoms with Crippen molar-refractivity contribution in [1.82, 2.24) is 15.6 Å². The van der Waals surface area contributed by atoms with E-state index in [1.165, 1.54) is 0 Å². The van der Waals surface area contributed by atoms with Crippen LogP contribution in [0.3, 0.4) is 0 Å². The molecule has 0 spiro atoms. The number of carboxylic acids is 1. The van der Waals surface area contributed by atoms with Gasteiger partial charge < -0.3 is 20.7 Å².